The molecule has 1 amide bonds. The first-order chi connectivity index (χ1) is 12.6. The number of benzene rings is 2. The van der Waals surface area contributed by atoms with Gasteiger partial charge in [-0.3, -0.25) is 4.79 Å². The van der Waals surface area contributed by atoms with Crippen molar-refractivity contribution in [2.75, 3.05) is 0 Å². The molecule has 1 atom stereocenters. The van der Waals surface area contributed by atoms with Crippen LogP contribution in [0, 0.1) is 11.3 Å². The molecule has 134 valence electrons. The Morgan fingerprint density at radius 1 is 1.12 bits per heavy atom. The Kier molecular flexibility index (Phi) is 7.66. The topological polar surface area (TPSA) is 79.2 Å². The van der Waals surface area contributed by atoms with Crippen molar-refractivity contribution in [3.05, 3.63) is 70.7 Å². The van der Waals surface area contributed by atoms with Gasteiger partial charge in [-0.15, -0.1) is 0 Å². The minimum Gasteiger partial charge on any atom is -0.445 e. The number of ketones is 1. The standard InChI is InChI=1S/C20H19ClN2O3/c21-17-10-5-4-9-16(17)13-18(19(24)11-6-12-22)23-20(25)26-14-15-7-2-1-3-8-15/h1-5,7-10,18H,6,11,13-14H2,(H,23,25). The van der Waals surface area contributed by atoms with Gasteiger partial charge in [0.25, 0.3) is 0 Å². The van der Waals surface area contributed by atoms with E-state index in [1.807, 2.05) is 42.5 Å². The van der Waals surface area contributed by atoms with Crippen LogP contribution in [-0.2, 0) is 22.6 Å². The van der Waals surface area contributed by atoms with Crippen LogP contribution in [0.1, 0.15) is 24.0 Å². The van der Waals surface area contributed by atoms with E-state index in [9.17, 15) is 9.59 Å². The number of carbonyl (C=O) groups is 2. The smallest absolute Gasteiger partial charge is 0.408 e. The minimum atomic E-state index is -0.800. The third kappa shape index (κ3) is 6.23. The molecule has 26 heavy (non-hydrogen) atoms. The highest BCUT2D eigenvalue weighted by molar-refractivity contribution is 6.31. The predicted octanol–water partition coefficient (Wildman–Crippen LogP) is 4.05. The molecule has 0 bridgehead atoms. The summed E-state index contributed by atoms with van der Waals surface area (Å²) in [5.74, 6) is -0.233. The fourth-order valence-electron chi connectivity index (χ4n) is 2.39. The molecule has 0 radical (unpaired) electrons. The van der Waals surface area contributed by atoms with E-state index < -0.39 is 12.1 Å². The van der Waals surface area contributed by atoms with Gasteiger partial charge in [0.15, 0.2) is 5.78 Å². The van der Waals surface area contributed by atoms with E-state index in [4.69, 9.17) is 21.6 Å². The highest BCUT2D eigenvalue weighted by Crippen LogP contribution is 2.17. The molecule has 0 aliphatic rings. The lowest BCUT2D eigenvalue weighted by Crippen LogP contribution is -2.42. The molecule has 0 fully saturated rings. The SMILES string of the molecule is N#CCCC(=O)C(Cc1ccccc1Cl)NC(=O)OCc1ccccc1. The summed E-state index contributed by atoms with van der Waals surface area (Å²) in [6.07, 6.45) is -0.288. The van der Waals surface area contributed by atoms with Crippen LogP contribution in [0.2, 0.25) is 5.02 Å². The summed E-state index contributed by atoms with van der Waals surface area (Å²) in [5.41, 5.74) is 1.59. The maximum Gasteiger partial charge on any atom is 0.408 e. The van der Waals surface area contributed by atoms with Crippen LogP contribution in [0.5, 0.6) is 0 Å². The summed E-state index contributed by atoms with van der Waals surface area (Å²) < 4.78 is 5.18. The summed E-state index contributed by atoms with van der Waals surface area (Å²) in [6, 6.07) is 17.5. The molecular formula is C20H19ClN2O3. The summed E-state index contributed by atoms with van der Waals surface area (Å²) in [5, 5.41) is 11.8. The monoisotopic (exact) mass is 370 g/mol. The largest absolute Gasteiger partial charge is 0.445 e. The Morgan fingerprint density at radius 2 is 1.81 bits per heavy atom. The summed E-state index contributed by atoms with van der Waals surface area (Å²) in [4.78, 5) is 24.5. The van der Waals surface area contributed by atoms with Gasteiger partial charge in [-0.1, -0.05) is 60.1 Å². The molecule has 1 N–H and O–H groups in total. The Balaban J connectivity index is 2.00. The van der Waals surface area contributed by atoms with E-state index in [2.05, 4.69) is 5.32 Å². The fraction of sp³-hybridized carbons (Fsp3) is 0.250. The van der Waals surface area contributed by atoms with Crippen LogP contribution >= 0.6 is 11.6 Å². The molecule has 0 saturated carbocycles. The van der Waals surface area contributed by atoms with Crippen LogP contribution < -0.4 is 5.32 Å². The number of nitrogens with one attached hydrogen (secondary N) is 1. The zero-order valence-electron chi connectivity index (χ0n) is 14.2. The van der Waals surface area contributed by atoms with Gasteiger partial charge in [0.1, 0.15) is 6.61 Å². The minimum absolute atomic E-state index is 0.0601. The van der Waals surface area contributed by atoms with E-state index >= 15 is 0 Å². The normalized spacial score (nSPS) is 11.2. The van der Waals surface area contributed by atoms with Crippen LogP contribution in [0.4, 0.5) is 4.79 Å². The van der Waals surface area contributed by atoms with Crippen LogP contribution in [0.25, 0.3) is 0 Å². The molecule has 0 aliphatic carbocycles. The molecule has 0 aliphatic heterocycles. The second kappa shape index (κ2) is 10.2. The summed E-state index contributed by atoms with van der Waals surface area (Å²) in [7, 11) is 0. The maximum atomic E-state index is 12.4. The molecular weight excluding hydrogens is 352 g/mol. The summed E-state index contributed by atoms with van der Waals surface area (Å²) >= 11 is 6.15. The van der Waals surface area contributed by atoms with Gasteiger partial charge >= 0.3 is 6.09 Å². The van der Waals surface area contributed by atoms with Crippen molar-refractivity contribution in [2.45, 2.75) is 31.9 Å². The quantitative estimate of drug-likeness (QED) is 0.760. The number of nitriles is 1. The number of hydrogen-bond donors (Lipinski definition) is 1. The number of hydrogen-bond acceptors (Lipinski definition) is 4. The van der Waals surface area contributed by atoms with Gasteiger partial charge < -0.3 is 10.1 Å². The van der Waals surface area contributed by atoms with Crippen molar-refractivity contribution in [2.24, 2.45) is 0 Å². The van der Waals surface area contributed by atoms with E-state index in [-0.39, 0.29) is 31.7 Å². The van der Waals surface area contributed by atoms with Crippen LogP contribution in [-0.4, -0.2) is 17.9 Å². The number of amides is 1. The number of alkyl carbamates (subject to hydrolysis) is 1. The lowest BCUT2D eigenvalue weighted by molar-refractivity contribution is -0.120. The molecule has 6 heteroatoms. The fourth-order valence-corrected chi connectivity index (χ4v) is 2.60. The van der Waals surface area contributed by atoms with Gasteiger partial charge in [0.05, 0.1) is 12.1 Å². The zero-order valence-corrected chi connectivity index (χ0v) is 14.9. The zero-order chi connectivity index (χ0) is 18.8. The van der Waals surface area contributed by atoms with Crippen molar-refractivity contribution in [3.8, 4) is 6.07 Å². The Labute approximate surface area is 157 Å². The number of ether oxygens (including phenoxy) is 1. The van der Waals surface area contributed by atoms with E-state index in [0.717, 1.165) is 11.1 Å². The number of Topliss-reactive ketones (excluding diaryl/α,β-unsaturated/α-hetero) is 1. The molecule has 1 unspecified atom stereocenters. The third-order valence-electron chi connectivity index (χ3n) is 3.76. The molecule has 0 spiro atoms. The average molecular weight is 371 g/mol. The number of rotatable bonds is 8. The second-order valence-corrected chi connectivity index (χ2v) is 6.09. The second-order valence-electron chi connectivity index (χ2n) is 5.68. The van der Waals surface area contributed by atoms with Crippen molar-refractivity contribution in [1.29, 1.82) is 5.26 Å². The lowest BCUT2D eigenvalue weighted by atomic mass is 10.00. The predicted molar refractivity (Wildman–Crippen MR) is 98.6 cm³/mol. The van der Waals surface area contributed by atoms with Gasteiger partial charge in [-0.2, -0.15) is 5.26 Å². The number of halogens is 1. The average Bonchev–Trinajstić information content (AvgIpc) is 2.66. The molecule has 0 aromatic heterocycles. The van der Waals surface area contributed by atoms with E-state index in [0.29, 0.717) is 5.02 Å². The molecule has 0 saturated heterocycles. The van der Waals surface area contributed by atoms with E-state index in [1.165, 1.54) is 0 Å². The first-order valence-electron chi connectivity index (χ1n) is 8.20. The molecule has 2 aromatic rings. The van der Waals surface area contributed by atoms with Gasteiger partial charge in [-0.25, -0.2) is 4.79 Å². The highest BCUT2D eigenvalue weighted by Gasteiger charge is 2.22. The first-order valence-corrected chi connectivity index (χ1v) is 8.58. The summed E-state index contributed by atoms with van der Waals surface area (Å²) in [6.45, 7) is 0.109. The molecule has 2 rings (SSSR count). The third-order valence-corrected chi connectivity index (χ3v) is 4.13. The number of carbonyl (C=O) groups excluding carboxylic acids is 2. The first kappa shape index (κ1) is 19.5. The highest BCUT2D eigenvalue weighted by atomic mass is 35.5. The molecule has 2 aromatic carbocycles. The Morgan fingerprint density at radius 3 is 2.50 bits per heavy atom. The number of nitrogens with zero attached hydrogens (tertiary/aromatic N) is 1. The van der Waals surface area contributed by atoms with Gasteiger partial charge in [0, 0.05) is 24.3 Å². The molecule has 5 nitrogen and oxygen atoms in total. The molecule has 0 heterocycles. The van der Waals surface area contributed by atoms with Crippen LogP contribution in [0.15, 0.2) is 54.6 Å². The van der Waals surface area contributed by atoms with E-state index in [1.54, 1.807) is 18.2 Å². The van der Waals surface area contributed by atoms with Crippen molar-refractivity contribution in [1.82, 2.24) is 5.32 Å². The van der Waals surface area contributed by atoms with Crippen LogP contribution in [0.3, 0.4) is 0 Å². The van der Waals surface area contributed by atoms with Crippen molar-refractivity contribution >= 4 is 23.5 Å². The van der Waals surface area contributed by atoms with Crippen molar-refractivity contribution in [3.63, 3.8) is 0 Å². The maximum absolute atomic E-state index is 12.4. The van der Waals surface area contributed by atoms with Gasteiger partial charge in [0.2, 0.25) is 0 Å². The van der Waals surface area contributed by atoms with Gasteiger partial charge in [-0.05, 0) is 17.2 Å². The Bertz CT molecular complexity index is 787. The lowest BCUT2D eigenvalue weighted by Gasteiger charge is -2.18. The van der Waals surface area contributed by atoms with Crippen molar-refractivity contribution < 1.29 is 14.3 Å². The Hall–Kier alpha value is -2.84.